The summed E-state index contributed by atoms with van der Waals surface area (Å²) in [7, 11) is 0. The number of rotatable bonds is 6. The van der Waals surface area contributed by atoms with E-state index in [1.807, 2.05) is 40.5 Å². The van der Waals surface area contributed by atoms with Crippen molar-refractivity contribution in [3.05, 3.63) is 51.6 Å². The average molecular weight is 498 g/mol. The van der Waals surface area contributed by atoms with E-state index in [0.717, 1.165) is 42.1 Å². The van der Waals surface area contributed by atoms with Crippen LogP contribution < -0.4 is 10.2 Å². The Labute approximate surface area is 210 Å². The number of nitrogens with zero attached hydrogens (tertiary/aromatic N) is 4. The van der Waals surface area contributed by atoms with Crippen LogP contribution in [0.15, 0.2) is 30.6 Å². The van der Waals surface area contributed by atoms with E-state index in [9.17, 15) is 4.79 Å². The summed E-state index contributed by atoms with van der Waals surface area (Å²) in [6.07, 6.45) is 6.50. The highest BCUT2D eigenvalue weighted by Crippen LogP contribution is 2.39. The zero-order valence-corrected chi connectivity index (χ0v) is 21.5. The molecule has 1 atom stereocenters. The number of fused-ring (bicyclic) bond motifs is 3. The van der Waals surface area contributed by atoms with Crippen molar-refractivity contribution in [1.29, 1.82) is 0 Å². The third-order valence-corrected chi connectivity index (χ3v) is 8.37. The second-order valence-electron chi connectivity index (χ2n) is 9.57. The van der Waals surface area contributed by atoms with E-state index in [1.165, 1.54) is 28.7 Å². The SMILES string of the molecule is CC(C)NCC(C(=O)N1CCN(c2ncnc3sc4c(c23)CCCC4)CC1)c1ccc(Cl)cc1. The third-order valence-electron chi connectivity index (χ3n) is 6.92. The summed E-state index contributed by atoms with van der Waals surface area (Å²) in [6.45, 7) is 7.79. The Bertz CT molecular complexity index is 1150. The predicted molar refractivity (Wildman–Crippen MR) is 140 cm³/mol. The van der Waals surface area contributed by atoms with Crippen LogP contribution in [0.5, 0.6) is 0 Å². The fourth-order valence-electron chi connectivity index (χ4n) is 5.07. The van der Waals surface area contributed by atoms with Gasteiger partial charge in [-0.2, -0.15) is 0 Å². The highest BCUT2D eigenvalue weighted by atomic mass is 35.5. The van der Waals surface area contributed by atoms with Crippen LogP contribution in [0.25, 0.3) is 10.2 Å². The number of aryl methyl sites for hydroxylation is 2. The van der Waals surface area contributed by atoms with Gasteiger partial charge >= 0.3 is 0 Å². The lowest BCUT2D eigenvalue weighted by molar-refractivity contribution is -0.133. The molecule has 34 heavy (non-hydrogen) atoms. The highest BCUT2D eigenvalue weighted by molar-refractivity contribution is 7.19. The molecule has 1 aromatic carbocycles. The quantitative estimate of drug-likeness (QED) is 0.537. The molecule has 1 aliphatic heterocycles. The Kier molecular flexibility index (Phi) is 7.04. The first-order valence-electron chi connectivity index (χ1n) is 12.3. The van der Waals surface area contributed by atoms with Crippen LogP contribution >= 0.6 is 22.9 Å². The van der Waals surface area contributed by atoms with Crippen molar-refractivity contribution in [3.63, 3.8) is 0 Å². The van der Waals surface area contributed by atoms with Crippen LogP contribution in [-0.4, -0.2) is 59.5 Å². The molecular weight excluding hydrogens is 466 g/mol. The maximum atomic E-state index is 13.6. The Morgan fingerprint density at radius 3 is 2.56 bits per heavy atom. The number of piperazine rings is 1. The standard InChI is InChI=1S/C26H32ClN5OS/c1-17(2)28-15-21(18-7-9-19(27)10-8-18)26(33)32-13-11-31(12-14-32)24-23-20-5-3-4-6-22(20)34-25(23)30-16-29-24/h7-10,16-17,21,28H,3-6,11-15H2,1-2H3. The van der Waals surface area contributed by atoms with Crippen LogP contribution in [0.3, 0.4) is 0 Å². The Morgan fingerprint density at radius 1 is 1.09 bits per heavy atom. The van der Waals surface area contributed by atoms with E-state index in [2.05, 4.69) is 29.0 Å². The Morgan fingerprint density at radius 2 is 1.82 bits per heavy atom. The fraction of sp³-hybridized carbons (Fsp3) is 0.500. The van der Waals surface area contributed by atoms with E-state index in [4.69, 9.17) is 16.6 Å². The minimum atomic E-state index is -0.221. The molecule has 3 heterocycles. The van der Waals surface area contributed by atoms with Crippen molar-refractivity contribution in [2.75, 3.05) is 37.6 Å². The molecule has 0 radical (unpaired) electrons. The summed E-state index contributed by atoms with van der Waals surface area (Å²) in [6, 6.07) is 8.00. The van der Waals surface area contributed by atoms with Crippen molar-refractivity contribution >= 4 is 44.9 Å². The molecule has 180 valence electrons. The number of amides is 1. The van der Waals surface area contributed by atoms with Gasteiger partial charge in [0.25, 0.3) is 0 Å². The number of aromatic nitrogens is 2. The molecule has 6 nitrogen and oxygen atoms in total. The summed E-state index contributed by atoms with van der Waals surface area (Å²) in [5.41, 5.74) is 2.47. The van der Waals surface area contributed by atoms with Crippen LogP contribution in [0.4, 0.5) is 5.82 Å². The van der Waals surface area contributed by atoms with Gasteiger partial charge in [-0.05, 0) is 48.9 Å². The second kappa shape index (κ2) is 10.2. The molecule has 1 unspecified atom stereocenters. The van der Waals surface area contributed by atoms with Crippen LogP contribution in [0.2, 0.25) is 5.02 Å². The van der Waals surface area contributed by atoms with Gasteiger partial charge < -0.3 is 15.1 Å². The third kappa shape index (κ3) is 4.79. The monoisotopic (exact) mass is 497 g/mol. The number of hydrogen-bond acceptors (Lipinski definition) is 6. The molecule has 5 rings (SSSR count). The number of halogens is 1. The number of benzene rings is 1. The number of carbonyl (C=O) groups excluding carboxylic acids is 1. The molecule has 0 bridgehead atoms. The van der Waals surface area contributed by atoms with E-state index in [-0.39, 0.29) is 11.8 Å². The zero-order chi connectivity index (χ0) is 23.7. The summed E-state index contributed by atoms with van der Waals surface area (Å²) in [4.78, 5) is 29.9. The first-order valence-corrected chi connectivity index (χ1v) is 13.5. The fourth-order valence-corrected chi connectivity index (χ4v) is 6.42. The lowest BCUT2D eigenvalue weighted by Crippen LogP contribution is -2.51. The van der Waals surface area contributed by atoms with Gasteiger partial charge in [0.05, 0.1) is 11.3 Å². The van der Waals surface area contributed by atoms with Gasteiger partial charge in [-0.15, -0.1) is 11.3 Å². The molecule has 1 fully saturated rings. The molecular formula is C26H32ClN5OS. The van der Waals surface area contributed by atoms with Crippen molar-refractivity contribution in [1.82, 2.24) is 20.2 Å². The summed E-state index contributed by atoms with van der Waals surface area (Å²) >= 11 is 7.93. The van der Waals surface area contributed by atoms with Gasteiger partial charge in [0.2, 0.25) is 5.91 Å². The molecule has 1 aliphatic carbocycles. The van der Waals surface area contributed by atoms with Crippen LogP contribution in [0, 0.1) is 0 Å². The molecule has 1 amide bonds. The Balaban J connectivity index is 1.32. The minimum absolute atomic E-state index is 0.177. The Hall–Kier alpha value is -2.22. The van der Waals surface area contributed by atoms with Crippen LogP contribution in [0.1, 0.15) is 48.6 Å². The van der Waals surface area contributed by atoms with Gasteiger partial charge in [-0.25, -0.2) is 9.97 Å². The normalized spacial score (nSPS) is 17.3. The van der Waals surface area contributed by atoms with E-state index < -0.39 is 0 Å². The van der Waals surface area contributed by atoms with Gasteiger partial charge in [0.15, 0.2) is 0 Å². The molecule has 1 saturated heterocycles. The summed E-state index contributed by atoms with van der Waals surface area (Å²) in [5.74, 6) is 1.00. The lowest BCUT2D eigenvalue weighted by atomic mass is 9.96. The average Bonchev–Trinajstić information content (AvgIpc) is 3.24. The van der Waals surface area contributed by atoms with Gasteiger partial charge in [0, 0.05) is 48.7 Å². The number of carbonyl (C=O) groups is 1. The smallest absolute Gasteiger partial charge is 0.231 e. The van der Waals surface area contributed by atoms with Crippen molar-refractivity contribution in [3.8, 4) is 0 Å². The molecule has 1 N–H and O–H groups in total. The highest BCUT2D eigenvalue weighted by Gasteiger charge is 2.30. The van der Waals surface area contributed by atoms with E-state index in [1.54, 1.807) is 6.33 Å². The van der Waals surface area contributed by atoms with E-state index in [0.29, 0.717) is 30.7 Å². The number of anilines is 1. The van der Waals surface area contributed by atoms with Gasteiger partial charge in [0.1, 0.15) is 17.0 Å². The van der Waals surface area contributed by atoms with Gasteiger partial charge in [-0.3, -0.25) is 4.79 Å². The number of nitrogens with one attached hydrogen (secondary N) is 1. The molecule has 0 saturated carbocycles. The molecule has 3 aromatic rings. The largest absolute Gasteiger partial charge is 0.352 e. The first kappa shape index (κ1) is 23.5. The van der Waals surface area contributed by atoms with E-state index >= 15 is 0 Å². The predicted octanol–water partition coefficient (Wildman–Crippen LogP) is 4.65. The topological polar surface area (TPSA) is 61.4 Å². The van der Waals surface area contributed by atoms with Crippen molar-refractivity contribution in [2.45, 2.75) is 51.5 Å². The number of hydrogen-bond donors (Lipinski definition) is 1. The van der Waals surface area contributed by atoms with Crippen LogP contribution in [-0.2, 0) is 17.6 Å². The van der Waals surface area contributed by atoms with Crippen molar-refractivity contribution < 1.29 is 4.79 Å². The maximum Gasteiger partial charge on any atom is 0.231 e. The number of thiophene rings is 1. The zero-order valence-electron chi connectivity index (χ0n) is 19.9. The minimum Gasteiger partial charge on any atom is -0.352 e. The molecule has 0 spiro atoms. The van der Waals surface area contributed by atoms with Gasteiger partial charge in [-0.1, -0.05) is 37.6 Å². The summed E-state index contributed by atoms with van der Waals surface area (Å²) < 4.78 is 0. The molecule has 2 aromatic heterocycles. The summed E-state index contributed by atoms with van der Waals surface area (Å²) in [5, 5.41) is 5.39. The lowest BCUT2D eigenvalue weighted by Gasteiger charge is -2.37. The van der Waals surface area contributed by atoms with Crippen molar-refractivity contribution in [2.24, 2.45) is 0 Å². The second-order valence-corrected chi connectivity index (χ2v) is 11.1. The maximum absolute atomic E-state index is 13.6. The molecule has 8 heteroatoms. The first-order chi connectivity index (χ1) is 16.5. The molecule has 2 aliphatic rings.